The molecule has 2 rings (SSSR count). The minimum absolute atomic E-state index is 0.0462. The number of phenolic OH excluding ortho intramolecular Hbond substituents is 1. The maximum atomic E-state index is 11.7. The summed E-state index contributed by atoms with van der Waals surface area (Å²) in [5, 5.41) is 12.1. The average Bonchev–Trinajstić information content (AvgIpc) is 2.33. The molecule has 0 aliphatic rings. The number of nitrogens with zero attached hydrogens (tertiary/aromatic N) is 1. The van der Waals surface area contributed by atoms with Gasteiger partial charge in [0.25, 0.3) is 5.91 Å². The van der Waals surface area contributed by atoms with Crippen molar-refractivity contribution in [3.05, 3.63) is 54.4 Å². The van der Waals surface area contributed by atoms with E-state index in [9.17, 15) is 9.90 Å². The van der Waals surface area contributed by atoms with E-state index in [-0.39, 0.29) is 11.7 Å². The summed E-state index contributed by atoms with van der Waals surface area (Å²) in [4.78, 5) is 15.5. The highest BCUT2D eigenvalue weighted by Crippen LogP contribution is 2.21. The highest BCUT2D eigenvalue weighted by atomic mass is 16.3. The van der Waals surface area contributed by atoms with Crippen molar-refractivity contribution in [3.8, 4) is 5.75 Å². The van der Waals surface area contributed by atoms with E-state index in [1.165, 1.54) is 6.07 Å². The number of phenols is 1. The second-order valence-electron chi connectivity index (χ2n) is 3.21. The Morgan fingerprint density at radius 2 is 1.81 bits per heavy atom. The van der Waals surface area contributed by atoms with Crippen molar-refractivity contribution in [2.24, 2.45) is 0 Å². The van der Waals surface area contributed by atoms with E-state index in [0.29, 0.717) is 11.3 Å². The van der Waals surface area contributed by atoms with E-state index in [4.69, 9.17) is 0 Å². The van der Waals surface area contributed by atoms with Gasteiger partial charge >= 0.3 is 0 Å². The van der Waals surface area contributed by atoms with Gasteiger partial charge in [0.15, 0.2) is 0 Å². The number of amides is 1. The molecule has 0 saturated carbocycles. The van der Waals surface area contributed by atoms with Crippen LogP contribution >= 0.6 is 0 Å². The summed E-state index contributed by atoms with van der Waals surface area (Å²) in [6.45, 7) is 0. The van der Waals surface area contributed by atoms with Gasteiger partial charge in [-0.3, -0.25) is 9.78 Å². The van der Waals surface area contributed by atoms with Crippen molar-refractivity contribution in [2.45, 2.75) is 0 Å². The Labute approximate surface area is 92.6 Å². The first-order valence-electron chi connectivity index (χ1n) is 4.77. The number of rotatable bonds is 2. The van der Waals surface area contributed by atoms with Crippen molar-refractivity contribution in [2.75, 3.05) is 5.32 Å². The average molecular weight is 214 g/mol. The van der Waals surface area contributed by atoms with Gasteiger partial charge in [0, 0.05) is 18.0 Å². The van der Waals surface area contributed by atoms with Gasteiger partial charge < -0.3 is 10.4 Å². The van der Waals surface area contributed by atoms with Gasteiger partial charge in [0.05, 0.1) is 5.69 Å². The summed E-state index contributed by atoms with van der Waals surface area (Å²) in [5.74, 6) is -0.228. The minimum Gasteiger partial charge on any atom is -0.506 e. The second-order valence-corrected chi connectivity index (χ2v) is 3.21. The molecule has 2 aromatic rings. The van der Waals surface area contributed by atoms with Crippen molar-refractivity contribution < 1.29 is 9.90 Å². The molecule has 0 saturated heterocycles. The highest BCUT2D eigenvalue weighted by Gasteiger charge is 2.07. The fraction of sp³-hybridized carbons (Fsp3) is 0. The maximum Gasteiger partial charge on any atom is 0.255 e. The molecule has 0 radical (unpaired) electrons. The van der Waals surface area contributed by atoms with E-state index >= 15 is 0 Å². The zero-order valence-corrected chi connectivity index (χ0v) is 8.42. The lowest BCUT2D eigenvalue weighted by molar-refractivity contribution is 0.102. The summed E-state index contributed by atoms with van der Waals surface area (Å²) in [6.07, 6.45) is 3.08. The van der Waals surface area contributed by atoms with E-state index in [1.54, 1.807) is 42.7 Å². The molecule has 4 heteroatoms. The summed E-state index contributed by atoms with van der Waals surface area (Å²) in [5.41, 5.74) is 0.891. The van der Waals surface area contributed by atoms with E-state index in [1.807, 2.05) is 0 Å². The summed E-state index contributed by atoms with van der Waals surface area (Å²) in [7, 11) is 0. The van der Waals surface area contributed by atoms with Crippen LogP contribution in [0, 0.1) is 0 Å². The smallest absolute Gasteiger partial charge is 0.255 e. The van der Waals surface area contributed by atoms with Crippen LogP contribution in [-0.4, -0.2) is 16.0 Å². The molecule has 4 nitrogen and oxygen atoms in total. The van der Waals surface area contributed by atoms with Crippen LogP contribution in [0.3, 0.4) is 0 Å². The molecular weight excluding hydrogens is 204 g/mol. The lowest BCUT2D eigenvalue weighted by Gasteiger charge is -2.06. The summed E-state index contributed by atoms with van der Waals surface area (Å²) < 4.78 is 0. The van der Waals surface area contributed by atoms with Crippen molar-refractivity contribution >= 4 is 11.6 Å². The molecule has 80 valence electrons. The van der Waals surface area contributed by atoms with Crippen LogP contribution in [0.5, 0.6) is 5.75 Å². The Morgan fingerprint density at radius 3 is 2.50 bits per heavy atom. The maximum absolute atomic E-state index is 11.7. The molecule has 0 unspecified atom stereocenters. The molecule has 16 heavy (non-hydrogen) atoms. The predicted molar refractivity (Wildman–Crippen MR) is 60.3 cm³/mol. The van der Waals surface area contributed by atoms with Gasteiger partial charge in [-0.25, -0.2) is 0 Å². The number of pyridine rings is 1. The number of para-hydroxylation sites is 2. The Hall–Kier alpha value is -2.36. The molecule has 2 N–H and O–H groups in total. The lowest BCUT2D eigenvalue weighted by atomic mass is 10.2. The van der Waals surface area contributed by atoms with Gasteiger partial charge in [0.1, 0.15) is 5.75 Å². The van der Waals surface area contributed by atoms with Crippen molar-refractivity contribution in [3.63, 3.8) is 0 Å². The van der Waals surface area contributed by atoms with Gasteiger partial charge in [-0.2, -0.15) is 0 Å². The van der Waals surface area contributed by atoms with Crippen LogP contribution in [0.2, 0.25) is 0 Å². The molecule has 1 aromatic heterocycles. The molecule has 0 aliphatic carbocycles. The fourth-order valence-corrected chi connectivity index (χ4v) is 1.28. The SMILES string of the molecule is O=C(Nc1ccccc1O)c1ccncc1. The molecule has 1 aromatic carbocycles. The lowest BCUT2D eigenvalue weighted by Crippen LogP contribution is -2.11. The predicted octanol–water partition coefficient (Wildman–Crippen LogP) is 2.04. The highest BCUT2D eigenvalue weighted by molar-refractivity contribution is 6.04. The van der Waals surface area contributed by atoms with Crippen molar-refractivity contribution in [1.82, 2.24) is 4.98 Å². The quantitative estimate of drug-likeness (QED) is 0.752. The first-order chi connectivity index (χ1) is 7.77. The van der Waals surface area contributed by atoms with Gasteiger partial charge in [0.2, 0.25) is 0 Å². The second kappa shape index (κ2) is 4.44. The molecular formula is C12H10N2O2. The van der Waals surface area contributed by atoms with E-state index in [0.717, 1.165) is 0 Å². The van der Waals surface area contributed by atoms with E-state index in [2.05, 4.69) is 10.3 Å². The Balaban J connectivity index is 2.18. The first-order valence-corrected chi connectivity index (χ1v) is 4.77. The fourth-order valence-electron chi connectivity index (χ4n) is 1.28. The topological polar surface area (TPSA) is 62.2 Å². The number of hydrogen-bond donors (Lipinski definition) is 2. The molecule has 0 bridgehead atoms. The number of carbonyl (C=O) groups excluding carboxylic acids is 1. The Bertz CT molecular complexity index is 497. The third kappa shape index (κ3) is 2.17. The zero-order chi connectivity index (χ0) is 11.4. The third-order valence-corrected chi connectivity index (χ3v) is 2.09. The van der Waals surface area contributed by atoms with Crippen LogP contribution in [-0.2, 0) is 0 Å². The van der Waals surface area contributed by atoms with Crippen LogP contribution in [0.1, 0.15) is 10.4 Å². The van der Waals surface area contributed by atoms with Gasteiger partial charge in [-0.05, 0) is 24.3 Å². The Morgan fingerprint density at radius 1 is 1.12 bits per heavy atom. The number of benzene rings is 1. The Kier molecular flexibility index (Phi) is 2.82. The zero-order valence-electron chi connectivity index (χ0n) is 8.42. The molecule has 0 aliphatic heterocycles. The summed E-state index contributed by atoms with van der Waals surface area (Å²) in [6, 6.07) is 9.79. The first kappa shape index (κ1) is 10.2. The van der Waals surface area contributed by atoms with E-state index < -0.39 is 0 Å². The monoisotopic (exact) mass is 214 g/mol. The molecule has 1 amide bonds. The number of aromatic nitrogens is 1. The van der Waals surface area contributed by atoms with Crippen LogP contribution in [0.4, 0.5) is 5.69 Å². The molecule has 1 heterocycles. The van der Waals surface area contributed by atoms with Crippen LogP contribution in [0.25, 0.3) is 0 Å². The standard InChI is InChI=1S/C12H10N2O2/c15-11-4-2-1-3-10(11)14-12(16)9-5-7-13-8-6-9/h1-8,15H,(H,14,16). The van der Waals surface area contributed by atoms with Crippen molar-refractivity contribution in [1.29, 1.82) is 0 Å². The number of aromatic hydroxyl groups is 1. The molecule has 0 spiro atoms. The molecule has 0 atom stereocenters. The van der Waals surface area contributed by atoms with Crippen LogP contribution in [0.15, 0.2) is 48.8 Å². The minimum atomic E-state index is -0.274. The van der Waals surface area contributed by atoms with Crippen LogP contribution < -0.4 is 5.32 Å². The molecule has 0 fully saturated rings. The number of hydrogen-bond acceptors (Lipinski definition) is 3. The number of nitrogens with one attached hydrogen (secondary N) is 1. The third-order valence-electron chi connectivity index (χ3n) is 2.09. The number of carbonyl (C=O) groups is 1. The van der Waals surface area contributed by atoms with Gasteiger partial charge in [-0.1, -0.05) is 12.1 Å². The van der Waals surface area contributed by atoms with Gasteiger partial charge in [-0.15, -0.1) is 0 Å². The number of anilines is 1. The largest absolute Gasteiger partial charge is 0.506 e. The summed E-state index contributed by atoms with van der Waals surface area (Å²) >= 11 is 0. The normalized spacial score (nSPS) is 9.75.